The number of rotatable bonds is 3. The molecule has 2 aromatic rings. The molecule has 0 heterocycles. The Morgan fingerprint density at radius 3 is 1.96 bits per heavy atom. The predicted molar refractivity (Wildman–Crippen MR) is 71.7 cm³/mol. The number of esters is 1. The van der Waals surface area contributed by atoms with Crippen LogP contribution in [0.25, 0.3) is 0 Å². The fraction of sp³-hybridized carbons (Fsp3) is 0.188. The highest BCUT2D eigenvalue weighted by Crippen LogP contribution is 2.25. The third-order valence-electron chi connectivity index (χ3n) is 3.15. The minimum Gasteiger partial charge on any atom is -0.423 e. The first-order chi connectivity index (χ1) is 10.7. The minimum atomic E-state index is -2.33. The van der Waals surface area contributed by atoms with E-state index in [-0.39, 0.29) is 11.7 Å². The van der Waals surface area contributed by atoms with Crippen LogP contribution >= 0.6 is 0 Å². The first-order valence-electron chi connectivity index (χ1n) is 6.57. The Hall–Kier alpha value is -2.44. The van der Waals surface area contributed by atoms with Gasteiger partial charge in [-0.05, 0) is 23.6 Å². The number of hydrogen-bond donors (Lipinski definition) is 0. The van der Waals surface area contributed by atoms with Gasteiger partial charge in [-0.2, -0.15) is 0 Å². The maximum absolute atomic E-state index is 13.5. The van der Waals surface area contributed by atoms with Crippen LogP contribution in [0.1, 0.15) is 35.7 Å². The van der Waals surface area contributed by atoms with Crippen molar-refractivity contribution in [2.45, 2.75) is 19.8 Å². The molecule has 0 aromatic heterocycles. The number of carbonyl (C=O) groups excluding carboxylic acids is 1. The maximum Gasteiger partial charge on any atom is 0.349 e. The normalized spacial score (nSPS) is 11.0. The summed E-state index contributed by atoms with van der Waals surface area (Å²) in [6.45, 7) is 3.73. The molecule has 0 spiro atoms. The molecular weight excluding hydrogens is 319 g/mol. The molecule has 0 unspecified atom stereocenters. The van der Waals surface area contributed by atoms with Gasteiger partial charge in [0.1, 0.15) is 11.3 Å². The predicted octanol–water partition coefficient (Wildman–Crippen LogP) is 4.72. The van der Waals surface area contributed by atoms with Crippen LogP contribution < -0.4 is 4.74 Å². The molecular formula is C16H11F5O2. The number of halogens is 5. The van der Waals surface area contributed by atoms with Crippen molar-refractivity contribution in [1.29, 1.82) is 0 Å². The molecule has 0 N–H and O–H groups in total. The molecule has 23 heavy (non-hydrogen) atoms. The molecule has 0 fully saturated rings. The summed E-state index contributed by atoms with van der Waals surface area (Å²) in [5.41, 5.74) is -0.857. The van der Waals surface area contributed by atoms with Crippen molar-refractivity contribution in [3.63, 3.8) is 0 Å². The molecule has 0 atom stereocenters. The average molecular weight is 330 g/mol. The van der Waals surface area contributed by atoms with Crippen molar-refractivity contribution in [1.82, 2.24) is 0 Å². The molecule has 7 heteroatoms. The smallest absolute Gasteiger partial charge is 0.349 e. The van der Waals surface area contributed by atoms with Crippen LogP contribution in [0.5, 0.6) is 5.75 Å². The lowest BCUT2D eigenvalue weighted by Gasteiger charge is -2.10. The van der Waals surface area contributed by atoms with Crippen LogP contribution in [0.15, 0.2) is 24.3 Å². The SMILES string of the molecule is CC(C)c1cccc(OC(=O)c2c(F)c(F)c(F)c(F)c2F)c1. The lowest BCUT2D eigenvalue weighted by atomic mass is 10.0. The highest BCUT2D eigenvalue weighted by atomic mass is 19.2. The van der Waals surface area contributed by atoms with Crippen molar-refractivity contribution in [3.8, 4) is 5.75 Å². The largest absolute Gasteiger partial charge is 0.423 e. The van der Waals surface area contributed by atoms with E-state index in [0.29, 0.717) is 0 Å². The molecule has 122 valence electrons. The van der Waals surface area contributed by atoms with Gasteiger partial charge in [-0.15, -0.1) is 0 Å². The molecule has 2 rings (SSSR count). The number of carbonyl (C=O) groups is 1. The zero-order valence-electron chi connectivity index (χ0n) is 12.1. The van der Waals surface area contributed by atoms with Gasteiger partial charge < -0.3 is 4.74 Å². The Morgan fingerprint density at radius 2 is 1.43 bits per heavy atom. The fourth-order valence-corrected chi connectivity index (χ4v) is 1.88. The van der Waals surface area contributed by atoms with Crippen LogP contribution in [0.2, 0.25) is 0 Å². The third kappa shape index (κ3) is 3.18. The van der Waals surface area contributed by atoms with E-state index >= 15 is 0 Å². The van der Waals surface area contributed by atoms with E-state index < -0.39 is 40.6 Å². The molecule has 0 bridgehead atoms. The number of hydrogen-bond acceptors (Lipinski definition) is 2. The van der Waals surface area contributed by atoms with E-state index in [4.69, 9.17) is 4.74 Å². The van der Waals surface area contributed by atoms with Crippen molar-refractivity contribution in [2.24, 2.45) is 0 Å². The fourth-order valence-electron chi connectivity index (χ4n) is 1.88. The summed E-state index contributed by atoms with van der Waals surface area (Å²) in [6, 6.07) is 6.04. The molecule has 2 nitrogen and oxygen atoms in total. The molecule has 0 aliphatic rings. The van der Waals surface area contributed by atoms with Gasteiger partial charge in [0, 0.05) is 0 Å². The molecule has 0 saturated heterocycles. The second kappa shape index (κ2) is 6.36. The summed E-state index contributed by atoms with van der Waals surface area (Å²) in [5.74, 6) is -12.8. The van der Waals surface area contributed by atoms with E-state index in [2.05, 4.69) is 0 Å². The molecule has 0 radical (unpaired) electrons. The van der Waals surface area contributed by atoms with Crippen LogP contribution in [0, 0.1) is 29.1 Å². The lowest BCUT2D eigenvalue weighted by Crippen LogP contribution is -2.17. The number of benzene rings is 2. The van der Waals surface area contributed by atoms with Gasteiger partial charge in [-0.3, -0.25) is 0 Å². The second-order valence-electron chi connectivity index (χ2n) is 5.06. The first kappa shape index (κ1) is 16.9. The van der Waals surface area contributed by atoms with Gasteiger partial charge in [0.15, 0.2) is 23.3 Å². The highest BCUT2D eigenvalue weighted by molar-refractivity contribution is 5.91. The van der Waals surface area contributed by atoms with Gasteiger partial charge in [-0.25, -0.2) is 26.7 Å². The zero-order chi connectivity index (χ0) is 17.3. The minimum absolute atomic E-state index is 0.0647. The standard InChI is InChI=1S/C16H11F5O2/c1-7(2)8-4-3-5-9(6-8)23-16(22)10-11(17)13(19)15(21)14(20)12(10)18/h3-7H,1-2H3. The Labute approximate surface area is 128 Å². The van der Waals surface area contributed by atoms with Crippen molar-refractivity contribution >= 4 is 5.97 Å². The Bertz CT molecular complexity index is 742. The molecule has 0 aliphatic carbocycles. The molecule has 0 amide bonds. The lowest BCUT2D eigenvalue weighted by molar-refractivity contribution is 0.0720. The Balaban J connectivity index is 2.41. The average Bonchev–Trinajstić information content (AvgIpc) is 2.51. The summed E-state index contributed by atoms with van der Waals surface area (Å²) in [7, 11) is 0. The third-order valence-corrected chi connectivity index (χ3v) is 3.15. The maximum atomic E-state index is 13.5. The van der Waals surface area contributed by atoms with E-state index in [1.807, 2.05) is 13.8 Å². The van der Waals surface area contributed by atoms with Gasteiger partial charge >= 0.3 is 5.97 Å². The van der Waals surface area contributed by atoms with Gasteiger partial charge in [-0.1, -0.05) is 26.0 Å². The van der Waals surface area contributed by atoms with Crippen molar-refractivity contribution in [2.75, 3.05) is 0 Å². The van der Waals surface area contributed by atoms with Crippen LogP contribution in [-0.4, -0.2) is 5.97 Å². The quantitative estimate of drug-likeness (QED) is 0.267. The van der Waals surface area contributed by atoms with Gasteiger partial charge in [0.2, 0.25) is 5.82 Å². The van der Waals surface area contributed by atoms with Crippen molar-refractivity contribution in [3.05, 3.63) is 64.5 Å². The van der Waals surface area contributed by atoms with Crippen LogP contribution in [0.4, 0.5) is 22.0 Å². The monoisotopic (exact) mass is 330 g/mol. The highest BCUT2D eigenvalue weighted by Gasteiger charge is 2.31. The van der Waals surface area contributed by atoms with Gasteiger partial charge in [0.25, 0.3) is 0 Å². The number of ether oxygens (including phenoxy) is 1. The van der Waals surface area contributed by atoms with E-state index in [1.54, 1.807) is 6.07 Å². The summed E-state index contributed by atoms with van der Waals surface area (Å²) < 4.78 is 71.0. The van der Waals surface area contributed by atoms with E-state index in [0.717, 1.165) is 5.56 Å². The first-order valence-corrected chi connectivity index (χ1v) is 6.57. The topological polar surface area (TPSA) is 26.3 Å². The molecule has 2 aromatic carbocycles. The Kier molecular flexibility index (Phi) is 4.68. The zero-order valence-corrected chi connectivity index (χ0v) is 12.1. The van der Waals surface area contributed by atoms with Crippen LogP contribution in [-0.2, 0) is 0 Å². The van der Waals surface area contributed by atoms with Crippen LogP contribution in [0.3, 0.4) is 0 Å². The summed E-state index contributed by atoms with van der Waals surface area (Å²) in [4.78, 5) is 11.8. The van der Waals surface area contributed by atoms with E-state index in [1.165, 1.54) is 18.2 Å². The second-order valence-corrected chi connectivity index (χ2v) is 5.06. The summed E-state index contributed by atoms with van der Waals surface area (Å²) in [6.07, 6.45) is 0. The van der Waals surface area contributed by atoms with Crippen molar-refractivity contribution < 1.29 is 31.5 Å². The Morgan fingerprint density at radius 1 is 0.913 bits per heavy atom. The van der Waals surface area contributed by atoms with E-state index in [9.17, 15) is 26.7 Å². The van der Waals surface area contributed by atoms with Gasteiger partial charge in [0.05, 0.1) is 0 Å². The molecule has 0 aliphatic heterocycles. The molecule has 0 saturated carbocycles. The summed E-state index contributed by atoms with van der Waals surface area (Å²) in [5, 5.41) is 0. The summed E-state index contributed by atoms with van der Waals surface area (Å²) >= 11 is 0.